The van der Waals surface area contributed by atoms with E-state index in [0.717, 1.165) is 11.5 Å². The summed E-state index contributed by atoms with van der Waals surface area (Å²) in [5, 5.41) is 14.4. The topological polar surface area (TPSA) is 58.6 Å². The second-order valence-corrected chi connectivity index (χ2v) is 5.54. The van der Waals surface area contributed by atoms with Gasteiger partial charge in [0, 0.05) is 10.8 Å². The molecule has 0 aliphatic carbocycles. The van der Waals surface area contributed by atoms with Gasteiger partial charge in [0.2, 0.25) is 0 Å². The molecule has 1 aliphatic heterocycles. The van der Waals surface area contributed by atoms with E-state index >= 15 is 0 Å². The first-order valence-electron chi connectivity index (χ1n) is 5.34. The molecular formula is C11H15NO4S. The van der Waals surface area contributed by atoms with Gasteiger partial charge in [-0.15, -0.1) is 11.3 Å². The minimum Gasteiger partial charge on any atom is -0.544 e. The third-order valence-corrected chi connectivity index (χ3v) is 3.27. The zero-order valence-electron chi connectivity index (χ0n) is 9.84. The lowest BCUT2D eigenvalue weighted by Gasteiger charge is -2.34. The van der Waals surface area contributed by atoms with Gasteiger partial charge in [0.1, 0.15) is 19.7 Å². The summed E-state index contributed by atoms with van der Waals surface area (Å²) in [6.45, 7) is 0.998. The van der Waals surface area contributed by atoms with Crippen molar-refractivity contribution in [1.29, 1.82) is 0 Å². The maximum Gasteiger partial charge on any atom is 0.181 e. The van der Waals surface area contributed by atoms with Crippen LogP contribution in [0.25, 0.3) is 0 Å². The van der Waals surface area contributed by atoms with Gasteiger partial charge in [-0.05, 0) is 0 Å². The van der Waals surface area contributed by atoms with Crippen molar-refractivity contribution in [2.75, 3.05) is 33.8 Å². The molecule has 0 aromatic carbocycles. The van der Waals surface area contributed by atoms with Gasteiger partial charge >= 0.3 is 0 Å². The number of quaternary nitrogens is 1. The molecule has 0 saturated heterocycles. The minimum absolute atomic E-state index is 0.0314. The largest absolute Gasteiger partial charge is 0.544 e. The summed E-state index contributed by atoms with van der Waals surface area (Å²) in [7, 11) is 3.67. The van der Waals surface area contributed by atoms with Crippen molar-refractivity contribution in [2.24, 2.45) is 0 Å². The van der Waals surface area contributed by atoms with Crippen LogP contribution in [0.1, 0.15) is 0 Å². The van der Waals surface area contributed by atoms with Crippen LogP contribution in [-0.4, -0.2) is 50.3 Å². The van der Waals surface area contributed by atoms with Gasteiger partial charge in [-0.3, -0.25) is 0 Å². The number of thiophene rings is 1. The number of likely N-dealkylation sites (N-methyl/N-ethyl adjacent to an activating group) is 1. The molecule has 5 nitrogen and oxygen atoms in total. The van der Waals surface area contributed by atoms with E-state index in [0.29, 0.717) is 17.6 Å². The average molecular weight is 257 g/mol. The highest BCUT2D eigenvalue weighted by atomic mass is 32.1. The molecule has 0 radical (unpaired) electrons. The number of hydrogen-bond acceptors (Lipinski definition) is 5. The maximum atomic E-state index is 10.6. The number of carbonyl (C=O) groups excluding carboxylic acids is 1. The minimum atomic E-state index is -1.05. The van der Waals surface area contributed by atoms with Gasteiger partial charge in [0.05, 0.1) is 20.1 Å². The monoisotopic (exact) mass is 257 g/mol. The van der Waals surface area contributed by atoms with Gasteiger partial charge in [-0.1, -0.05) is 0 Å². The Morgan fingerprint density at radius 1 is 1.53 bits per heavy atom. The second-order valence-electron chi connectivity index (χ2n) is 4.80. The second kappa shape index (κ2) is 4.54. The molecule has 94 valence electrons. The summed E-state index contributed by atoms with van der Waals surface area (Å²) >= 11 is 1.53. The fourth-order valence-electron chi connectivity index (χ4n) is 1.92. The van der Waals surface area contributed by atoms with Crippen LogP contribution >= 0.6 is 11.3 Å². The summed E-state index contributed by atoms with van der Waals surface area (Å²) in [5.41, 5.74) is 0. The van der Waals surface area contributed by atoms with E-state index < -0.39 is 5.97 Å². The molecule has 0 amide bonds. The van der Waals surface area contributed by atoms with Crippen LogP contribution in [0.2, 0.25) is 0 Å². The van der Waals surface area contributed by atoms with Crippen molar-refractivity contribution in [3.05, 3.63) is 10.8 Å². The predicted molar refractivity (Wildman–Crippen MR) is 61.1 cm³/mol. The fraction of sp³-hybridized carbons (Fsp3) is 0.545. The Morgan fingerprint density at radius 2 is 2.24 bits per heavy atom. The summed E-state index contributed by atoms with van der Waals surface area (Å²) < 4.78 is 11.6. The number of carboxylic acids is 1. The van der Waals surface area contributed by atoms with Crippen LogP contribution in [0, 0.1) is 0 Å². The molecule has 1 aromatic rings. The molecule has 1 aromatic heterocycles. The Labute approximate surface area is 104 Å². The highest BCUT2D eigenvalue weighted by Gasteiger charge is 2.28. The highest BCUT2D eigenvalue weighted by Crippen LogP contribution is 2.35. The van der Waals surface area contributed by atoms with Crippen molar-refractivity contribution in [2.45, 2.75) is 6.10 Å². The van der Waals surface area contributed by atoms with Gasteiger partial charge in [-0.25, -0.2) is 0 Å². The molecule has 0 spiro atoms. The van der Waals surface area contributed by atoms with Gasteiger partial charge in [0.15, 0.2) is 17.6 Å². The van der Waals surface area contributed by atoms with Gasteiger partial charge in [-0.2, -0.15) is 0 Å². The molecule has 1 aliphatic rings. The van der Waals surface area contributed by atoms with Crippen molar-refractivity contribution in [3.8, 4) is 11.5 Å². The van der Waals surface area contributed by atoms with Crippen molar-refractivity contribution in [3.63, 3.8) is 0 Å². The van der Waals surface area contributed by atoms with Crippen LogP contribution < -0.4 is 14.6 Å². The van der Waals surface area contributed by atoms with E-state index in [-0.39, 0.29) is 12.6 Å². The van der Waals surface area contributed by atoms with E-state index in [1.165, 1.54) is 11.3 Å². The van der Waals surface area contributed by atoms with Crippen LogP contribution in [0.3, 0.4) is 0 Å². The third kappa shape index (κ3) is 3.10. The predicted octanol–water partition coefficient (Wildman–Crippen LogP) is -0.286. The number of nitrogens with zero attached hydrogens (tertiary/aromatic N) is 1. The molecule has 0 saturated carbocycles. The summed E-state index contributed by atoms with van der Waals surface area (Å²) in [5.74, 6) is 0.471. The molecule has 2 rings (SSSR count). The molecular weight excluding hydrogens is 242 g/mol. The summed E-state index contributed by atoms with van der Waals surface area (Å²) in [4.78, 5) is 10.6. The van der Waals surface area contributed by atoms with Gasteiger partial charge < -0.3 is 23.9 Å². The van der Waals surface area contributed by atoms with Crippen molar-refractivity contribution < 1.29 is 23.9 Å². The average Bonchev–Trinajstić information content (AvgIpc) is 2.61. The molecule has 1 unspecified atom stereocenters. The summed E-state index contributed by atoms with van der Waals surface area (Å²) in [6, 6.07) is 0. The molecule has 0 bridgehead atoms. The molecule has 1 atom stereocenters. The van der Waals surface area contributed by atoms with E-state index in [4.69, 9.17) is 9.47 Å². The standard InChI is InChI=1S/C11H15NO4S/c1-12(2,4-11(13)14)3-8-5-15-9-6-17-7-10(9)16-8/h6-8H,3-5H2,1-2H3. The smallest absolute Gasteiger partial charge is 0.181 e. The molecule has 2 heterocycles. The first-order chi connectivity index (χ1) is 7.96. The first-order valence-corrected chi connectivity index (χ1v) is 6.28. The lowest BCUT2D eigenvalue weighted by molar-refractivity contribution is -0.887. The SMILES string of the molecule is C[N+](C)(CC(=O)[O-])CC1COc2cscc2O1. The first kappa shape index (κ1) is 12.2. The zero-order chi connectivity index (χ0) is 12.5. The Hall–Kier alpha value is -1.27. The third-order valence-electron chi connectivity index (χ3n) is 2.57. The number of carbonyl (C=O) groups is 1. The number of aliphatic carboxylic acids is 1. The van der Waals surface area contributed by atoms with Crippen LogP contribution in [0.5, 0.6) is 11.5 Å². The maximum absolute atomic E-state index is 10.6. The van der Waals surface area contributed by atoms with Gasteiger partial charge in [0.25, 0.3) is 0 Å². The number of rotatable bonds is 4. The Balaban J connectivity index is 1.95. The molecule has 6 heteroatoms. The Bertz CT molecular complexity index is 415. The Kier molecular flexibility index (Phi) is 3.26. The summed E-state index contributed by atoms with van der Waals surface area (Å²) in [6.07, 6.45) is -0.119. The van der Waals surface area contributed by atoms with Crippen LogP contribution in [0.4, 0.5) is 0 Å². The van der Waals surface area contributed by atoms with E-state index in [2.05, 4.69) is 0 Å². The quantitative estimate of drug-likeness (QED) is 0.696. The number of carboxylic acid groups (broad SMARTS) is 1. The Morgan fingerprint density at radius 3 is 2.94 bits per heavy atom. The highest BCUT2D eigenvalue weighted by molar-refractivity contribution is 7.08. The van der Waals surface area contributed by atoms with E-state index in [9.17, 15) is 9.90 Å². The lowest BCUT2D eigenvalue weighted by atomic mass is 10.3. The molecule has 17 heavy (non-hydrogen) atoms. The molecule has 0 fully saturated rings. The fourth-order valence-corrected chi connectivity index (χ4v) is 2.59. The van der Waals surface area contributed by atoms with E-state index in [1.807, 2.05) is 24.9 Å². The number of ether oxygens (including phenoxy) is 2. The molecule has 0 N–H and O–H groups in total. The lowest BCUT2D eigenvalue weighted by Crippen LogP contribution is -2.54. The van der Waals surface area contributed by atoms with E-state index in [1.54, 1.807) is 0 Å². The van der Waals surface area contributed by atoms with Crippen LogP contribution in [-0.2, 0) is 4.79 Å². The number of fused-ring (bicyclic) bond motifs is 1. The normalized spacial score (nSPS) is 19.1. The zero-order valence-corrected chi connectivity index (χ0v) is 10.7. The van der Waals surface area contributed by atoms with Crippen molar-refractivity contribution in [1.82, 2.24) is 0 Å². The van der Waals surface area contributed by atoms with Crippen molar-refractivity contribution >= 4 is 17.3 Å². The van der Waals surface area contributed by atoms with Crippen LogP contribution in [0.15, 0.2) is 10.8 Å². The number of hydrogen-bond donors (Lipinski definition) is 0.